The quantitative estimate of drug-likeness (QED) is 0.801. The Morgan fingerprint density at radius 3 is 2.86 bits per heavy atom. The van der Waals surface area contributed by atoms with Gasteiger partial charge >= 0.3 is 0 Å². The van der Waals surface area contributed by atoms with Crippen LogP contribution >= 0.6 is 27.7 Å². The highest BCUT2D eigenvalue weighted by Crippen LogP contribution is 2.26. The van der Waals surface area contributed by atoms with Gasteiger partial charge in [0.05, 0.1) is 5.25 Å². The van der Waals surface area contributed by atoms with E-state index in [9.17, 15) is 4.79 Å². The maximum absolute atomic E-state index is 11.7. The molecule has 0 aliphatic carbocycles. The van der Waals surface area contributed by atoms with Crippen LogP contribution in [0.25, 0.3) is 0 Å². The summed E-state index contributed by atoms with van der Waals surface area (Å²) in [6.45, 7) is 5.04. The molecular formula is C10H18BrNOS. The molecule has 1 heterocycles. The summed E-state index contributed by atoms with van der Waals surface area (Å²) in [6.07, 6.45) is 2.23. The molecule has 1 fully saturated rings. The molecule has 0 radical (unpaired) electrons. The highest BCUT2D eigenvalue weighted by atomic mass is 79.9. The van der Waals surface area contributed by atoms with E-state index < -0.39 is 0 Å². The zero-order chi connectivity index (χ0) is 10.6. The average Bonchev–Trinajstić information content (AvgIpc) is 2.67. The number of amides is 1. The Hall–Kier alpha value is 0.300. The van der Waals surface area contributed by atoms with Gasteiger partial charge in [0.2, 0.25) is 5.91 Å². The highest BCUT2D eigenvalue weighted by Gasteiger charge is 2.25. The van der Waals surface area contributed by atoms with E-state index in [-0.39, 0.29) is 16.6 Å². The van der Waals surface area contributed by atoms with Crippen molar-refractivity contribution in [3.05, 3.63) is 0 Å². The largest absolute Gasteiger partial charge is 0.355 e. The number of hydrogen-bond acceptors (Lipinski definition) is 2. The van der Waals surface area contributed by atoms with Crippen molar-refractivity contribution in [2.75, 3.05) is 17.6 Å². The Balaban J connectivity index is 2.27. The van der Waals surface area contributed by atoms with Gasteiger partial charge in [0.15, 0.2) is 0 Å². The first kappa shape index (κ1) is 12.4. The normalized spacial score (nSPS) is 22.4. The van der Waals surface area contributed by atoms with Crippen LogP contribution in [0.1, 0.15) is 26.7 Å². The Bertz CT molecular complexity index is 202. The van der Waals surface area contributed by atoms with Crippen molar-refractivity contribution >= 4 is 33.6 Å². The van der Waals surface area contributed by atoms with E-state index in [1.165, 1.54) is 6.42 Å². The summed E-state index contributed by atoms with van der Waals surface area (Å²) in [5.41, 5.74) is 0.152. The number of halogens is 1. The minimum Gasteiger partial charge on any atom is -0.355 e. The standard InChI is InChI=1S/C10H18BrNOS/c1-10(2,6-11)7-12-9(13)8-4-3-5-14-8/h8H,3-7H2,1-2H3,(H,12,13). The predicted molar refractivity (Wildman–Crippen MR) is 66.1 cm³/mol. The van der Waals surface area contributed by atoms with Crippen LogP contribution < -0.4 is 5.32 Å². The van der Waals surface area contributed by atoms with Crippen molar-refractivity contribution < 1.29 is 4.79 Å². The van der Waals surface area contributed by atoms with Crippen LogP contribution in [0.5, 0.6) is 0 Å². The summed E-state index contributed by atoms with van der Waals surface area (Å²) in [6, 6.07) is 0. The van der Waals surface area contributed by atoms with Crippen molar-refractivity contribution in [2.45, 2.75) is 31.9 Å². The van der Waals surface area contributed by atoms with Crippen molar-refractivity contribution in [3.8, 4) is 0 Å². The van der Waals surface area contributed by atoms with Gasteiger partial charge in [-0.1, -0.05) is 29.8 Å². The molecule has 4 heteroatoms. The van der Waals surface area contributed by atoms with Crippen LogP contribution in [0, 0.1) is 5.41 Å². The molecule has 14 heavy (non-hydrogen) atoms. The van der Waals surface area contributed by atoms with Gasteiger partial charge < -0.3 is 5.32 Å². The molecule has 0 saturated carbocycles. The summed E-state index contributed by atoms with van der Waals surface area (Å²) in [5, 5.41) is 4.15. The molecule has 1 unspecified atom stereocenters. The topological polar surface area (TPSA) is 29.1 Å². The number of carbonyl (C=O) groups is 1. The third-order valence-electron chi connectivity index (χ3n) is 2.33. The van der Waals surface area contributed by atoms with Gasteiger partial charge in [0, 0.05) is 11.9 Å². The molecule has 1 saturated heterocycles. The van der Waals surface area contributed by atoms with Crippen LogP contribution in [0.4, 0.5) is 0 Å². The van der Waals surface area contributed by atoms with Crippen LogP contribution in [-0.2, 0) is 4.79 Å². The van der Waals surface area contributed by atoms with Crippen LogP contribution in [0.15, 0.2) is 0 Å². The van der Waals surface area contributed by atoms with E-state index in [1.54, 1.807) is 11.8 Å². The second-order valence-corrected chi connectivity index (χ2v) is 6.39. The zero-order valence-corrected chi connectivity index (χ0v) is 11.2. The number of nitrogens with one attached hydrogen (secondary N) is 1. The molecule has 1 N–H and O–H groups in total. The number of hydrogen-bond donors (Lipinski definition) is 1. The van der Waals surface area contributed by atoms with Gasteiger partial charge in [-0.05, 0) is 24.0 Å². The molecule has 1 aliphatic rings. The lowest BCUT2D eigenvalue weighted by Gasteiger charge is -2.22. The molecular weight excluding hydrogens is 262 g/mol. The molecule has 0 bridgehead atoms. The fourth-order valence-electron chi connectivity index (χ4n) is 1.27. The average molecular weight is 280 g/mol. The SMILES string of the molecule is CC(C)(CBr)CNC(=O)C1CCCS1. The maximum atomic E-state index is 11.7. The molecule has 0 spiro atoms. The van der Waals surface area contributed by atoms with Gasteiger partial charge in [-0.15, -0.1) is 11.8 Å². The number of thioether (sulfide) groups is 1. The first-order valence-corrected chi connectivity index (χ1v) is 7.17. The fraction of sp³-hybridized carbons (Fsp3) is 0.900. The Kier molecular flexibility index (Phi) is 4.77. The molecule has 1 aliphatic heterocycles. The third-order valence-corrected chi connectivity index (χ3v) is 5.22. The first-order chi connectivity index (χ1) is 6.55. The molecule has 0 aromatic carbocycles. The fourth-order valence-corrected chi connectivity index (χ4v) is 2.66. The van der Waals surface area contributed by atoms with Gasteiger partial charge in [-0.25, -0.2) is 0 Å². The van der Waals surface area contributed by atoms with E-state index in [0.717, 1.165) is 24.0 Å². The van der Waals surface area contributed by atoms with Gasteiger partial charge in [0.25, 0.3) is 0 Å². The lowest BCUT2D eigenvalue weighted by Crippen LogP contribution is -2.38. The Morgan fingerprint density at radius 2 is 2.36 bits per heavy atom. The Labute approximate surface area is 98.7 Å². The molecule has 1 amide bonds. The highest BCUT2D eigenvalue weighted by molar-refractivity contribution is 9.09. The van der Waals surface area contributed by atoms with Crippen LogP contribution in [0.3, 0.4) is 0 Å². The van der Waals surface area contributed by atoms with Crippen LogP contribution in [-0.4, -0.2) is 28.8 Å². The molecule has 2 nitrogen and oxygen atoms in total. The van der Waals surface area contributed by atoms with E-state index in [2.05, 4.69) is 35.1 Å². The first-order valence-electron chi connectivity index (χ1n) is 5.00. The maximum Gasteiger partial charge on any atom is 0.233 e. The summed E-state index contributed by atoms with van der Waals surface area (Å²) < 4.78 is 0. The summed E-state index contributed by atoms with van der Waals surface area (Å²) in [4.78, 5) is 11.7. The minimum absolute atomic E-state index is 0.152. The summed E-state index contributed by atoms with van der Waals surface area (Å²) in [5.74, 6) is 1.36. The van der Waals surface area contributed by atoms with E-state index >= 15 is 0 Å². The van der Waals surface area contributed by atoms with Gasteiger partial charge in [0.1, 0.15) is 0 Å². The molecule has 0 aromatic rings. The van der Waals surface area contributed by atoms with Crippen molar-refractivity contribution in [1.29, 1.82) is 0 Å². The predicted octanol–water partition coefficient (Wildman–Crippen LogP) is 2.42. The van der Waals surface area contributed by atoms with Crippen molar-refractivity contribution in [3.63, 3.8) is 0 Å². The molecule has 1 rings (SSSR count). The van der Waals surface area contributed by atoms with E-state index in [0.29, 0.717) is 0 Å². The number of alkyl halides is 1. The lowest BCUT2D eigenvalue weighted by molar-refractivity contribution is -0.120. The van der Waals surface area contributed by atoms with Gasteiger partial charge in [-0.2, -0.15) is 0 Å². The number of carbonyl (C=O) groups excluding carboxylic acids is 1. The molecule has 0 aromatic heterocycles. The summed E-state index contributed by atoms with van der Waals surface area (Å²) in [7, 11) is 0. The van der Waals surface area contributed by atoms with Gasteiger partial charge in [-0.3, -0.25) is 4.79 Å². The van der Waals surface area contributed by atoms with E-state index in [1.807, 2.05) is 0 Å². The monoisotopic (exact) mass is 279 g/mol. The molecule has 1 atom stereocenters. The number of rotatable bonds is 4. The second-order valence-electron chi connectivity index (χ2n) is 4.52. The molecule has 82 valence electrons. The van der Waals surface area contributed by atoms with Crippen LogP contribution in [0.2, 0.25) is 0 Å². The zero-order valence-electron chi connectivity index (χ0n) is 8.81. The smallest absolute Gasteiger partial charge is 0.233 e. The van der Waals surface area contributed by atoms with Crippen molar-refractivity contribution in [1.82, 2.24) is 5.32 Å². The minimum atomic E-state index is 0.152. The van der Waals surface area contributed by atoms with Crippen molar-refractivity contribution in [2.24, 2.45) is 5.41 Å². The Morgan fingerprint density at radius 1 is 1.64 bits per heavy atom. The summed E-state index contributed by atoms with van der Waals surface area (Å²) >= 11 is 5.23. The van der Waals surface area contributed by atoms with E-state index in [4.69, 9.17) is 0 Å². The second kappa shape index (κ2) is 5.40. The third kappa shape index (κ3) is 3.81. The lowest BCUT2D eigenvalue weighted by atomic mass is 9.97.